The molecule has 7 nitrogen and oxygen atoms in total. The number of hydrogen-bond acceptors (Lipinski definition) is 5. The third-order valence-electron chi connectivity index (χ3n) is 7.14. The average molecular weight is 448 g/mol. The predicted octanol–water partition coefficient (Wildman–Crippen LogP) is 4.80. The Hall–Kier alpha value is -2.18. The lowest BCUT2D eigenvalue weighted by Crippen LogP contribution is -2.35. The van der Waals surface area contributed by atoms with Crippen molar-refractivity contribution in [2.75, 3.05) is 0 Å². The zero-order chi connectivity index (χ0) is 22.9. The lowest BCUT2D eigenvalue weighted by Gasteiger charge is -2.15. The number of fused-ring (bicyclic) bond motifs is 5. The number of hydroxylamine groups is 2. The van der Waals surface area contributed by atoms with Gasteiger partial charge in [0.2, 0.25) is 0 Å². The lowest BCUT2D eigenvalue weighted by atomic mass is 9.85. The van der Waals surface area contributed by atoms with Crippen molar-refractivity contribution in [2.24, 2.45) is 23.7 Å². The highest BCUT2D eigenvalue weighted by Gasteiger charge is 2.60. The summed E-state index contributed by atoms with van der Waals surface area (Å²) in [6, 6.07) is 0. The maximum absolute atomic E-state index is 12.5. The topological polar surface area (TPSA) is 101 Å². The second-order valence-electron chi connectivity index (χ2n) is 9.57. The highest BCUT2D eigenvalue weighted by Crippen LogP contribution is 2.52. The van der Waals surface area contributed by atoms with Crippen LogP contribution in [0.2, 0.25) is 0 Å². The van der Waals surface area contributed by atoms with E-state index in [1.54, 1.807) is 0 Å². The molecule has 0 radical (unpaired) electrons. The van der Waals surface area contributed by atoms with E-state index in [0.29, 0.717) is 6.42 Å². The summed E-state index contributed by atoms with van der Waals surface area (Å²) in [6.45, 7) is 0. The van der Waals surface area contributed by atoms with Crippen LogP contribution in [0.25, 0.3) is 0 Å². The van der Waals surface area contributed by atoms with Gasteiger partial charge in [0.15, 0.2) is 0 Å². The summed E-state index contributed by atoms with van der Waals surface area (Å²) < 4.78 is 0. The third-order valence-corrected chi connectivity index (χ3v) is 7.14. The summed E-state index contributed by atoms with van der Waals surface area (Å²) in [5, 5.41) is 9.33. The minimum atomic E-state index is -0.704. The van der Waals surface area contributed by atoms with E-state index in [1.807, 2.05) is 12.2 Å². The van der Waals surface area contributed by atoms with Gasteiger partial charge in [0.1, 0.15) is 0 Å². The van der Waals surface area contributed by atoms with E-state index in [4.69, 9.17) is 9.94 Å². The molecule has 2 aliphatic carbocycles. The number of amides is 2. The molecule has 3 aliphatic rings. The van der Waals surface area contributed by atoms with Gasteiger partial charge in [-0.2, -0.15) is 0 Å². The van der Waals surface area contributed by atoms with Crippen molar-refractivity contribution in [1.29, 1.82) is 0 Å². The van der Waals surface area contributed by atoms with E-state index in [0.717, 1.165) is 50.0 Å². The van der Waals surface area contributed by atoms with Crippen molar-refractivity contribution in [1.82, 2.24) is 5.06 Å². The quantitative estimate of drug-likeness (QED) is 0.207. The molecule has 32 heavy (non-hydrogen) atoms. The Morgan fingerprint density at radius 1 is 0.750 bits per heavy atom. The first-order valence-electron chi connectivity index (χ1n) is 12.5. The Morgan fingerprint density at radius 2 is 1.16 bits per heavy atom. The summed E-state index contributed by atoms with van der Waals surface area (Å²) in [4.78, 5) is 52.7. The molecule has 0 aromatic rings. The van der Waals surface area contributed by atoms with Crippen molar-refractivity contribution >= 4 is 23.8 Å². The number of carbonyl (C=O) groups is 4. The molecule has 4 atom stereocenters. The molecular formula is C25H37NO6. The molecule has 178 valence electrons. The zero-order valence-electron chi connectivity index (χ0n) is 19.0. The van der Waals surface area contributed by atoms with Gasteiger partial charge in [-0.3, -0.25) is 14.4 Å². The van der Waals surface area contributed by atoms with Crippen LogP contribution in [-0.4, -0.2) is 33.9 Å². The molecule has 1 aliphatic heterocycles. The Bertz CT molecular complexity index is 687. The summed E-state index contributed by atoms with van der Waals surface area (Å²) in [6.07, 6.45) is 18.3. The molecule has 4 unspecified atom stereocenters. The van der Waals surface area contributed by atoms with Gasteiger partial charge < -0.3 is 9.94 Å². The van der Waals surface area contributed by atoms with Gasteiger partial charge in [0.25, 0.3) is 11.8 Å². The van der Waals surface area contributed by atoms with Gasteiger partial charge in [0.05, 0.1) is 11.8 Å². The van der Waals surface area contributed by atoms with Gasteiger partial charge in [-0.25, -0.2) is 4.79 Å². The smallest absolute Gasteiger partial charge is 0.333 e. The Balaban J connectivity index is 1.14. The summed E-state index contributed by atoms with van der Waals surface area (Å²) in [5.74, 6) is -2.30. The van der Waals surface area contributed by atoms with Gasteiger partial charge in [-0.1, -0.05) is 76.4 Å². The van der Waals surface area contributed by atoms with E-state index < -0.39 is 11.9 Å². The number of imide groups is 1. The standard InChI is InChI=1S/C25H37NO6/c27-20(28)13-11-9-7-5-3-1-2-4-6-8-10-12-14-21(29)32-26-24(30)22-18-15-16-19(17-18)23(22)25(26)31/h15-16,18-19,22-23H,1-14,17H2,(H,27,28). The number of aliphatic carboxylic acids is 1. The first-order valence-corrected chi connectivity index (χ1v) is 12.5. The fraction of sp³-hybridized carbons (Fsp3) is 0.760. The summed E-state index contributed by atoms with van der Waals surface area (Å²) >= 11 is 0. The molecule has 0 aromatic carbocycles. The van der Waals surface area contributed by atoms with Gasteiger partial charge in [-0.05, 0) is 31.1 Å². The average Bonchev–Trinajstić information content (AvgIpc) is 3.44. The molecule has 3 rings (SSSR count). The van der Waals surface area contributed by atoms with Crippen LogP contribution in [0.3, 0.4) is 0 Å². The number of nitrogens with zero attached hydrogens (tertiary/aromatic N) is 1. The normalized spacial score (nSPS) is 25.6. The van der Waals surface area contributed by atoms with Crippen LogP contribution in [-0.2, 0) is 24.0 Å². The molecule has 2 fully saturated rings. The SMILES string of the molecule is O=C(O)CCCCCCCCCCCCCCC(=O)ON1C(=O)C2C3C=CC(C3)C2C1=O. The molecule has 1 N–H and O–H groups in total. The van der Waals surface area contributed by atoms with Crippen LogP contribution < -0.4 is 0 Å². The number of carboxylic acid groups (broad SMARTS) is 1. The van der Waals surface area contributed by atoms with Crippen LogP contribution in [0.4, 0.5) is 0 Å². The third kappa shape index (κ3) is 6.42. The lowest BCUT2D eigenvalue weighted by molar-refractivity contribution is -0.199. The van der Waals surface area contributed by atoms with Crippen molar-refractivity contribution in [3.05, 3.63) is 12.2 Å². The molecular weight excluding hydrogens is 410 g/mol. The number of rotatable bonds is 16. The van der Waals surface area contributed by atoms with E-state index in [2.05, 4.69) is 0 Å². The molecule has 1 saturated carbocycles. The van der Waals surface area contributed by atoms with E-state index in [-0.39, 0.29) is 48.3 Å². The Labute approximate surface area is 190 Å². The zero-order valence-corrected chi connectivity index (χ0v) is 19.0. The van der Waals surface area contributed by atoms with Gasteiger partial charge >= 0.3 is 11.9 Å². The number of unbranched alkanes of at least 4 members (excludes halogenated alkanes) is 11. The van der Waals surface area contributed by atoms with Crippen LogP contribution >= 0.6 is 0 Å². The molecule has 1 heterocycles. The monoisotopic (exact) mass is 447 g/mol. The minimum Gasteiger partial charge on any atom is -0.481 e. The summed E-state index contributed by atoms with van der Waals surface area (Å²) in [7, 11) is 0. The molecule has 2 amide bonds. The highest BCUT2D eigenvalue weighted by molar-refractivity contribution is 6.06. The molecule has 7 heteroatoms. The van der Waals surface area contributed by atoms with Crippen LogP contribution in [0.15, 0.2) is 12.2 Å². The van der Waals surface area contributed by atoms with Gasteiger partial charge in [-0.15, -0.1) is 5.06 Å². The van der Waals surface area contributed by atoms with Crippen LogP contribution in [0.5, 0.6) is 0 Å². The molecule has 2 bridgehead atoms. The van der Waals surface area contributed by atoms with E-state index >= 15 is 0 Å². The number of allylic oxidation sites excluding steroid dienone is 2. The largest absolute Gasteiger partial charge is 0.481 e. The maximum Gasteiger partial charge on any atom is 0.333 e. The first kappa shape index (κ1) is 24.5. The van der Waals surface area contributed by atoms with Crippen molar-refractivity contribution in [3.63, 3.8) is 0 Å². The minimum absolute atomic E-state index is 0.119. The highest BCUT2D eigenvalue weighted by atomic mass is 16.7. The van der Waals surface area contributed by atoms with Crippen molar-refractivity contribution < 1.29 is 29.1 Å². The van der Waals surface area contributed by atoms with E-state index in [1.165, 1.54) is 32.1 Å². The van der Waals surface area contributed by atoms with Crippen LogP contribution in [0, 0.1) is 23.7 Å². The second kappa shape index (κ2) is 12.2. The van der Waals surface area contributed by atoms with Crippen molar-refractivity contribution in [2.45, 2.75) is 96.3 Å². The second-order valence-corrected chi connectivity index (χ2v) is 9.57. The van der Waals surface area contributed by atoms with Crippen molar-refractivity contribution in [3.8, 4) is 0 Å². The Morgan fingerprint density at radius 3 is 1.59 bits per heavy atom. The van der Waals surface area contributed by atoms with E-state index in [9.17, 15) is 19.2 Å². The maximum atomic E-state index is 12.5. The number of carbonyl (C=O) groups excluding carboxylic acids is 3. The fourth-order valence-corrected chi connectivity index (χ4v) is 5.43. The van der Waals surface area contributed by atoms with Crippen LogP contribution in [0.1, 0.15) is 96.3 Å². The van der Waals surface area contributed by atoms with Gasteiger partial charge in [0, 0.05) is 12.8 Å². The molecule has 0 aromatic heterocycles. The summed E-state index contributed by atoms with van der Waals surface area (Å²) in [5.41, 5.74) is 0. The first-order chi connectivity index (χ1) is 15.5. The Kier molecular flexibility index (Phi) is 9.30. The molecule has 1 saturated heterocycles. The number of hydrogen-bond donors (Lipinski definition) is 1. The predicted molar refractivity (Wildman–Crippen MR) is 118 cm³/mol. The molecule has 0 spiro atoms. The number of carboxylic acids is 1. The fourth-order valence-electron chi connectivity index (χ4n) is 5.43.